The number of hydrogen-bond acceptors (Lipinski definition) is 2. The summed E-state index contributed by atoms with van der Waals surface area (Å²) in [5, 5.41) is 0. The van der Waals surface area contributed by atoms with E-state index >= 15 is 0 Å². The second kappa shape index (κ2) is 4.81. The van der Waals surface area contributed by atoms with E-state index in [-0.39, 0.29) is 11.4 Å². The summed E-state index contributed by atoms with van der Waals surface area (Å²) in [4.78, 5) is 12.0. The Morgan fingerprint density at radius 1 is 1.41 bits per heavy atom. The van der Waals surface area contributed by atoms with Crippen LogP contribution in [0.15, 0.2) is 28.7 Å². The molecule has 2 rings (SSSR count). The fourth-order valence-corrected chi connectivity index (χ4v) is 2.74. The van der Waals surface area contributed by atoms with Crippen molar-refractivity contribution in [3.63, 3.8) is 0 Å². The molecule has 0 heterocycles. The van der Waals surface area contributed by atoms with Crippen LogP contribution < -0.4 is 0 Å². The maximum Gasteiger partial charge on any atom is 0.312 e. The second-order valence-electron chi connectivity index (χ2n) is 4.54. The molecule has 0 aliphatic heterocycles. The average Bonchev–Trinajstić information content (AvgIpc) is 3.06. The lowest BCUT2D eigenvalue weighted by atomic mass is 9.96. The molecular formula is C14H17BrO2. The Balaban J connectivity index is 2.15. The lowest BCUT2D eigenvalue weighted by Gasteiger charge is -2.13. The van der Waals surface area contributed by atoms with E-state index in [1.54, 1.807) is 0 Å². The molecule has 0 saturated heterocycles. The molecule has 1 aliphatic carbocycles. The molecule has 92 valence electrons. The number of carbonyl (C=O) groups is 1. The van der Waals surface area contributed by atoms with Crippen molar-refractivity contribution in [3.05, 3.63) is 34.3 Å². The first-order chi connectivity index (χ1) is 8.14. The van der Waals surface area contributed by atoms with Crippen LogP contribution >= 0.6 is 15.9 Å². The Labute approximate surface area is 110 Å². The first-order valence-corrected chi connectivity index (χ1v) is 6.86. The van der Waals surface area contributed by atoms with Gasteiger partial charge in [-0.05, 0) is 37.5 Å². The van der Waals surface area contributed by atoms with E-state index in [9.17, 15) is 4.79 Å². The van der Waals surface area contributed by atoms with Gasteiger partial charge >= 0.3 is 5.97 Å². The van der Waals surface area contributed by atoms with Crippen LogP contribution in [-0.4, -0.2) is 12.6 Å². The molecule has 1 saturated carbocycles. The quantitative estimate of drug-likeness (QED) is 0.788. The van der Waals surface area contributed by atoms with Crippen LogP contribution in [0.5, 0.6) is 0 Å². The Hall–Kier alpha value is -0.830. The minimum absolute atomic E-state index is 0.0320. The highest BCUT2D eigenvalue weighted by atomic mass is 79.9. The normalized spacial score (nSPS) is 26.6. The Morgan fingerprint density at radius 2 is 2.06 bits per heavy atom. The van der Waals surface area contributed by atoms with Gasteiger partial charge in [-0.25, -0.2) is 0 Å². The standard InChI is InChI=1S/C14H17BrO2/c1-3-14(13(16)17-4-2)9-12(14)10-5-7-11(15)8-6-10/h5-8,12H,3-4,9H2,1-2H3/t12-,14+/m0/s1. The first-order valence-electron chi connectivity index (χ1n) is 6.06. The second-order valence-corrected chi connectivity index (χ2v) is 5.45. The molecule has 0 aromatic heterocycles. The van der Waals surface area contributed by atoms with Gasteiger partial charge in [0.05, 0.1) is 12.0 Å². The summed E-state index contributed by atoms with van der Waals surface area (Å²) in [6, 6.07) is 8.23. The molecule has 1 aliphatic rings. The van der Waals surface area contributed by atoms with Crippen molar-refractivity contribution in [2.45, 2.75) is 32.6 Å². The van der Waals surface area contributed by atoms with Gasteiger partial charge < -0.3 is 4.74 Å². The lowest BCUT2D eigenvalue weighted by molar-refractivity contribution is -0.150. The topological polar surface area (TPSA) is 26.3 Å². The summed E-state index contributed by atoms with van der Waals surface area (Å²) in [5.74, 6) is 0.301. The van der Waals surface area contributed by atoms with E-state index in [1.165, 1.54) is 5.56 Å². The third-order valence-corrected chi connectivity index (χ3v) is 4.19. The van der Waals surface area contributed by atoms with Crippen molar-refractivity contribution in [1.29, 1.82) is 0 Å². The first kappa shape index (κ1) is 12.6. The minimum atomic E-state index is -0.260. The maximum atomic E-state index is 12.0. The zero-order valence-corrected chi connectivity index (χ0v) is 11.8. The number of esters is 1. The van der Waals surface area contributed by atoms with Crippen LogP contribution in [0.3, 0.4) is 0 Å². The SMILES string of the molecule is CCOC(=O)[C@]1(CC)C[C@H]1c1ccc(Br)cc1. The summed E-state index contributed by atoms with van der Waals surface area (Å²) in [6.45, 7) is 4.39. The van der Waals surface area contributed by atoms with Gasteiger partial charge in [0, 0.05) is 10.4 Å². The van der Waals surface area contributed by atoms with Crippen LogP contribution in [0.4, 0.5) is 0 Å². The number of benzene rings is 1. The molecule has 1 aromatic carbocycles. The Kier molecular flexibility index (Phi) is 3.57. The van der Waals surface area contributed by atoms with Crippen molar-refractivity contribution in [2.75, 3.05) is 6.61 Å². The molecule has 1 fully saturated rings. The molecule has 2 nitrogen and oxygen atoms in total. The summed E-state index contributed by atoms with van der Waals surface area (Å²) >= 11 is 3.42. The highest BCUT2D eigenvalue weighted by Gasteiger charge is 2.60. The van der Waals surface area contributed by atoms with E-state index in [0.717, 1.165) is 17.3 Å². The molecule has 0 unspecified atom stereocenters. The summed E-state index contributed by atoms with van der Waals surface area (Å²) in [7, 11) is 0. The highest BCUT2D eigenvalue weighted by molar-refractivity contribution is 9.10. The molecule has 0 N–H and O–H groups in total. The van der Waals surface area contributed by atoms with E-state index < -0.39 is 0 Å². The lowest BCUT2D eigenvalue weighted by Crippen LogP contribution is -2.20. The largest absolute Gasteiger partial charge is 0.466 e. The van der Waals surface area contributed by atoms with Crippen LogP contribution in [0.1, 0.15) is 38.2 Å². The predicted octanol–water partition coefficient (Wildman–Crippen LogP) is 3.90. The number of rotatable bonds is 4. The molecule has 2 atom stereocenters. The third-order valence-electron chi connectivity index (χ3n) is 3.66. The number of halogens is 1. The van der Waals surface area contributed by atoms with E-state index in [4.69, 9.17) is 4.74 Å². The van der Waals surface area contributed by atoms with Crippen molar-refractivity contribution in [3.8, 4) is 0 Å². The molecule has 3 heteroatoms. The van der Waals surface area contributed by atoms with Crippen molar-refractivity contribution < 1.29 is 9.53 Å². The van der Waals surface area contributed by atoms with Crippen LogP contribution in [-0.2, 0) is 9.53 Å². The van der Waals surface area contributed by atoms with Crippen LogP contribution in [0.25, 0.3) is 0 Å². The molecule has 0 bridgehead atoms. The van der Waals surface area contributed by atoms with Gasteiger partial charge in [0.2, 0.25) is 0 Å². The van der Waals surface area contributed by atoms with Crippen LogP contribution in [0.2, 0.25) is 0 Å². The van der Waals surface area contributed by atoms with E-state index in [1.807, 2.05) is 19.1 Å². The fraction of sp³-hybridized carbons (Fsp3) is 0.500. The predicted molar refractivity (Wildman–Crippen MR) is 70.9 cm³/mol. The zero-order chi connectivity index (χ0) is 12.5. The minimum Gasteiger partial charge on any atom is -0.466 e. The third kappa shape index (κ3) is 2.25. The van der Waals surface area contributed by atoms with Gasteiger partial charge in [-0.2, -0.15) is 0 Å². The monoisotopic (exact) mass is 296 g/mol. The van der Waals surface area contributed by atoms with Crippen molar-refractivity contribution >= 4 is 21.9 Å². The van der Waals surface area contributed by atoms with Gasteiger partial charge in [0.15, 0.2) is 0 Å². The highest BCUT2D eigenvalue weighted by Crippen LogP contribution is 2.62. The summed E-state index contributed by atoms with van der Waals surface area (Å²) in [5.41, 5.74) is 0.979. The smallest absolute Gasteiger partial charge is 0.312 e. The molecule has 0 amide bonds. The van der Waals surface area contributed by atoms with Gasteiger partial charge in [0.1, 0.15) is 0 Å². The molecule has 1 aromatic rings. The maximum absolute atomic E-state index is 12.0. The molecule has 0 spiro atoms. The average molecular weight is 297 g/mol. The number of hydrogen-bond donors (Lipinski definition) is 0. The van der Waals surface area contributed by atoms with Crippen LogP contribution in [0, 0.1) is 5.41 Å². The van der Waals surface area contributed by atoms with E-state index in [2.05, 4.69) is 35.0 Å². The fourth-order valence-electron chi connectivity index (χ4n) is 2.47. The Bertz CT molecular complexity index is 413. The van der Waals surface area contributed by atoms with Gasteiger partial charge in [-0.1, -0.05) is 35.0 Å². The zero-order valence-electron chi connectivity index (χ0n) is 10.2. The van der Waals surface area contributed by atoms with Gasteiger partial charge in [-0.15, -0.1) is 0 Å². The molecule has 0 radical (unpaired) electrons. The van der Waals surface area contributed by atoms with Crippen molar-refractivity contribution in [2.24, 2.45) is 5.41 Å². The Morgan fingerprint density at radius 3 is 2.59 bits per heavy atom. The summed E-state index contributed by atoms with van der Waals surface area (Å²) < 4.78 is 6.26. The van der Waals surface area contributed by atoms with Crippen molar-refractivity contribution in [1.82, 2.24) is 0 Å². The van der Waals surface area contributed by atoms with Gasteiger partial charge in [-0.3, -0.25) is 4.79 Å². The van der Waals surface area contributed by atoms with E-state index in [0.29, 0.717) is 12.5 Å². The van der Waals surface area contributed by atoms with Gasteiger partial charge in [0.25, 0.3) is 0 Å². The number of ether oxygens (including phenoxy) is 1. The molecule has 17 heavy (non-hydrogen) atoms. The molecular weight excluding hydrogens is 280 g/mol. The number of carbonyl (C=O) groups excluding carboxylic acids is 1. The summed E-state index contributed by atoms with van der Waals surface area (Å²) in [6.07, 6.45) is 1.77.